The molecule has 0 unspecified atom stereocenters. The Labute approximate surface area is 405 Å². The van der Waals surface area contributed by atoms with Crippen LogP contribution in [0, 0.1) is 0 Å². The summed E-state index contributed by atoms with van der Waals surface area (Å²) in [6.45, 7) is 4.71. The van der Waals surface area contributed by atoms with Gasteiger partial charge in [-0.15, -0.1) is 0 Å². The monoisotopic (exact) mass is 869 g/mol. The van der Waals surface area contributed by atoms with Gasteiger partial charge < -0.3 is 14.0 Å². The van der Waals surface area contributed by atoms with E-state index in [4.69, 9.17) is 9.47 Å². The second kappa shape index (κ2) is 42.5. The quantitative estimate of drug-likeness (QED) is 0.0212. The van der Waals surface area contributed by atoms with Crippen LogP contribution < -0.4 is 51.4 Å². The van der Waals surface area contributed by atoms with E-state index >= 15 is 0 Å². The van der Waals surface area contributed by atoms with E-state index in [0.717, 1.165) is 44.6 Å². The van der Waals surface area contributed by atoms with Gasteiger partial charge in [-0.3, -0.25) is 0 Å². The molecule has 0 N–H and O–H groups in total. The number of carbonyl (C=O) groups excluding carboxylic acids is 2. The van der Waals surface area contributed by atoms with E-state index in [0.29, 0.717) is 12.8 Å². The number of hydrogen-bond donors (Lipinski definition) is 0. The SMILES string of the molecule is CCCCCCCCCCCCCCC/C=C/CCCCOC(=O)c1cccc(S(=O)(=O)[O-])c1C(=O)OCCCC/C=C/CCCCCCCCCCCCCCC.[K+]. The van der Waals surface area contributed by atoms with Gasteiger partial charge in [0.1, 0.15) is 10.1 Å². The Balaban J connectivity index is 0.0000336. The summed E-state index contributed by atoms with van der Waals surface area (Å²) < 4.78 is 46.8. The Morgan fingerprint density at radius 3 is 1.12 bits per heavy atom. The van der Waals surface area contributed by atoms with Crippen molar-refractivity contribution in [2.45, 2.75) is 237 Å². The number of hydrogen-bond acceptors (Lipinski definition) is 7. The number of unbranched alkanes of at least 4 members (excludes halogenated alkanes) is 30. The van der Waals surface area contributed by atoms with Crippen molar-refractivity contribution in [1.82, 2.24) is 0 Å². The third-order valence-electron chi connectivity index (χ3n) is 11.0. The number of esters is 2. The fourth-order valence-electron chi connectivity index (χ4n) is 7.36. The van der Waals surface area contributed by atoms with Crippen molar-refractivity contribution in [3.63, 3.8) is 0 Å². The fraction of sp³-hybridized carbons (Fsp3) is 0.760. The standard InChI is InChI=1S/C50H86O7S.K/c1-3-5-7-9-11-13-15-17-19-21-23-25-27-29-31-33-35-37-39-44-56-49(51)46-42-41-43-47(58(53,54)55)48(46)50(52)57-45-40-38-36-34-32-30-28-26-24-22-20-18-16-14-12-10-8-6-4-2;/h31-34,41-43H,3-30,35-40,44-45H2,1-2H3,(H,53,54,55);/q;+1/p-1/b33-31+,34-32+;. The summed E-state index contributed by atoms with van der Waals surface area (Å²) in [5, 5.41) is 0. The van der Waals surface area contributed by atoms with Crippen LogP contribution in [-0.2, 0) is 19.6 Å². The van der Waals surface area contributed by atoms with Crippen LogP contribution in [0.15, 0.2) is 47.4 Å². The van der Waals surface area contributed by atoms with Crippen LogP contribution >= 0.6 is 0 Å². The van der Waals surface area contributed by atoms with E-state index in [2.05, 4.69) is 38.2 Å². The molecule has 59 heavy (non-hydrogen) atoms. The molecule has 1 rings (SSSR count). The smallest absolute Gasteiger partial charge is 0.744 e. The Kier molecular flexibility index (Phi) is 41.9. The number of carbonyl (C=O) groups is 2. The molecule has 9 heteroatoms. The van der Waals surface area contributed by atoms with Gasteiger partial charge in [-0.25, -0.2) is 18.0 Å². The van der Waals surface area contributed by atoms with Crippen LogP contribution in [0.3, 0.4) is 0 Å². The minimum atomic E-state index is -5.03. The molecule has 1 aromatic rings. The molecule has 0 aliphatic rings. The molecular weight excluding hydrogens is 784 g/mol. The molecule has 1 aromatic carbocycles. The van der Waals surface area contributed by atoms with Gasteiger partial charge in [0.05, 0.1) is 29.2 Å². The topological polar surface area (TPSA) is 110 Å². The van der Waals surface area contributed by atoms with Gasteiger partial charge in [0, 0.05) is 0 Å². The Hall–Kier alpha value is -0.814. The van der Waals surface area contributed by atoms with Crippen molar-refractivity contribution in [2.24, 2.45) is 0 Å². The largest absolute Gasteiger partial charge is 1.00 e. The fourth-order valence-corrected chi connectivity index (χ4v) is 8.05. The van der Waals surface area contributed by atoms with Gasteiger partial charge in [0.15, 0.2) is 0 Å². The van der Waals surface area contributed by atoms with Crippen LogP contribution in [0.1, 0.15) is 253 Å². The summed E-state index contributed by atoms with van der Waals surface area (Å²) in [7, 11) is -5.03. The Bertz CT molecular complexity index is 1310. The van der Waals surface area contributed by atoms with Gasteiger partial charge in [-0.2, -0.15) is 0 Å². The molecule has 0 saturated heterocycles. The van der Waals surface area contributed by atoms with E-state index in [9.17, 15) is 22.6 Å². The van der Waals surface area contributed by atoms with Crippen LogP contribution in [0.2, 0.25) is 0 Å². The zero-order valence-corrected chi connectivity index (χ0v) is 42.2. The van der Waals surface area contributed by atoms with Gasteiger partial charge in [0.25, 0.3) is 0 Å². The number of ether oxygens (including phenoxy) is 2. The van der Waals surface area contributed by atoms with Gasteiger partial charge in [-0.05, 0) is 76.3 Å². The molecule has 0 amide bonds. The summed E-state index contributed by atoms with van der Waals surface area (Å²) >= 11 is 0. The minimum absolute atomic E-state index is 0. The van der Waals surface area contributed by atoms with Crippen molar-refractivity contribution in [3.05, 3.63) is 53.6 Å². The van der Waals surface area contributed by atoms with Crippen LogP contribution in [0.5, 0.6) is 0 Å². The van der Waals surface area contributed by atoms with Crippen LogP contribution in [0.25, 0.3) is 0 Å². The average molecular weight is 869 g/mol. The normalized spacial score (nSPS) is 11.7. The first-order valence-electron chi connectivity index (χ1n) is 24.1. The molecule has 0 heterocycles. The Morgan fingerprint density at radius 1 is 0.475 bits per heavy atom. The summed E-state index contributed by atoms with van der Waals surface area (Å²) in [4.78, 5) is 25.2. The number of allylic oxidation sites excluding steroid dienone is 4. The number of rotatable bonds is 41. The third-order valence-corrected chi connectivity index (χ3v) is 11.9. The summed E-state index contributed by atoms with van der Waals surface area (Å²) in [6, 6.07) is 3.60. The first-order chi connectivity index (χ1) is 28.3. The molecule has 0 bridgehead atoms. The van der Waals surface area contributed by atoms with Crippen LogP contribution in [-0.4, -0.2) is 38.1 Å². The van der Waals surface area contributed by atoms with E-state index in [1.54, 1.807) is 0 Å². The number of benzene rings is 1. The predicted molar refractivity (Wildman–Crippen MR) is 242 cm³/mol. The maximum atomic E-state index is 13.0. The van der Waals surface area contributed by atoms with Crippen molar-refractivity contribution in [2.75, 3.05) is 13.2 Å². The second-order valence-electron chi connectivity index (χ2n) is 16.4. The van der Waals surface area contributed by atoms with Crippen LogP contribution in [0.4, 0.5) is 0 Å². The molecule has 7 nitrogen and oxygen atoms in total. The molecule has 0 spiro atoms. The molecule has 0 radical (unpaired) electrons. The van der Waals surface area contributed by atoms with Crippen molar-refractivity contribution in [3.8, 4) is 0 Å². The van der Waals surface area contributed by atoms with E-state index in [1.807, 2.05) is 0 Å². The first-order valence-corrected chi connectivity index (χ1v) is 25.5. The zero-order valence-electron chi connectivity index (χ0n) is 38.3. The molecular formula is C50H85KO7S. The van der Waals surface area contributed by atoms with Gasteiger partial charge >= 0.3 is 63.3 Å². The zero-order chi connectivity index (χ0) is 42.2. The van der Waals surface area contributed by atoms with Crippen molar-refractivity contribution < 1.29 is 83.4 Å². The molecule has 0 aliphatic carbocycles. The third kappa shape index (κ3) is 34.4. The summed E-state index contributed by atoms with van der Waals surface area (Å²) in [5.74, 6) is -1.85. The minimum Gasteiger partial charge on any atom is -0.744 e. The molecule has 0 aromatic heterocycles. The molecule has 0 fully saturated rings. The van der Waals surface area contributed by atoms with Crippen molar-refractivity contribution in [1.29, 1.82) is 0 Å². The Morgan fingerprint density at radius 2 is 0.780 bits per heavy atom. The summed E-state index contributed by atoms with van der Waals surface area (Å²) in [5.41, 5.74) is -0.813. The predicted octanol–water partition coefficient (Wildman–Crippen LogP) is 12.3. The summed E-state index contributed by atoms with van der Waals surface area (Å²) in [6.07, 6.45) is 50.6. The molecule has 334 valence electrons. The molecule has 0 saturated carbocycles. The first kappa shape index (κ1) is 58.2. The maximum absolute atomic E-state index is 13.0. The molecule has 0 aliphatic heterocycles. The van der Waals surface area contributed by atoms with Crippen molar-refractivity contribution >= 4 is 22.1 Å². The van der Waals surface area contributed by atoms with E-state index in [1.165, 1.54) is 179 Å². The van der Waals surface area contributed by atoms with Gasteiger partial charge in [0.2, 0.25) is 0 Å². The second-order valence-corrected chi connectivity index (χ2v) is 17.7. The van der Waals surface area contributed by atoms with E-state index in [-0.39, 0.29) is 70.2 Å². The average Bonchev–Trinajstić information content (AvgIpc) is 3.21. The van der Waals surface area contributed by atoms with Gasteiger partial charge in [-0.1, -0.05) is 198 Å². The van der Waals surface area contributed by atoms with E-state index < -0.39 is 32.5 Å². The molecule has 0 atom stereocenters. The maximum Gasteiger partial charge on any atom is 1.00 e.